The highest BCUT2D eigenvalue weighted by Crippen LogP contribution is 2.17. The molecule has 2 heterocycles. The molecule has 1 amide bonds. The lowest BCUT2D eigenvalue weighted by Gasteiger charge is -2.34. The molecule has 2 rings (SSSR count). The first-order valence-corrected chi connectivity index (χ1v) is 6.62. The summed E-state index contributed by atoms with van der Waals surface area (Å²) in [6.07, 6.45) is 1.59. The van der Waals surface area contributed by atoms with Crippen LogP contribution in [0.2, 0.25) is 0 Å². The Morgan fingerprint density at radius 1 is 1.48 bits per heavy atom. The van der Waals surface area contributed by atoms with Gasteiger partial charge in [0.15, 0.2) is 5.84 Å². The molecule has 1 aromatic rings. The molecule has 0 aromatic carbocycles. The Bertz CT molecular complexity index is 526. The number of methoxy groups -OCH3 is 1. The first-order chi connectivity index (χ1) is 10.2. The molecule has 1 aromatic heterocycles. The standard InChI is InChI=1S/C13H19N5O3/c1-21-12-10(3-2-4-15-12)13(19)18-7-5-17(6-8-18)9-11(14)16-20/h2-4,20H,5-9H2,1H3,(H2,14,16). The van der Waals surface area contributed by atoms with Crippen molar-refractivity contribution in [2.24, 2.45) is 10.9 Å². The molecule has 1 saturated heterocycles. The van der Waals surface area contributed by atoms with Gasteiger partial charge >= 0.3 is 0 Å². The molecule has 0 atom stereocenters. The summed E-state index contributed by atoms with van der Waals surface area (Å²) >= 11 is 0. The number of hydrogen-bond donors (Lipinski definition) is 2. The SMILES string of the molecule is COc1ncccc1C(=O)N1CCN(CC(N)=NO)CC1. The lowest BCUT2D eigenvalue weighted by Crippen LogP contribution is -2.50. The van der Waals surface area contributed by atoms with Gasteiger partial charge in [-0.05, 0) is 12.1 Å². The van der Waals surface area contributed by atoms with Crippen LogP contribution >= 0.6 is 0 Å². The number of amidine groups is 1. The van der Waals surface area contributed by atoms with E-state index in [9.17, 15) is 4.79 Å². The molecule has 114 valence electrons. The van der Waals surface area contributed by atoms with Gasteiger partial charge in [-0.2, -0.15) is 0 Å². The fraction of sp³-hybridized carbons (Fsp3) is 0.462. The van der Waals surface area contributed by atoms with Crippen molar-refractivity contribution in [1.82, 2.24) is 14.8 Å². The number of rotatable bonds is 4. The molecule has 0 aliphatic carbocycles. The molecule has 0 unspecified atom stereocenters. The lowest BCUT2D eigenvalue weighted by atomic mass is 10.2. The molecule has 0 radical (unpaired) electrons. The molecule has 21 heavy (non-hydrogen) atoms. The summed E-state index contributed by atoms with van der Waals surface area (Å²) in [6, 6.07) is 3.42. The first kappa shape index (κ1) is 15.0. The molecule has 8 nitrogen and oxygen atoms in total. The van der Waals surface area contributed by atoms with Crippen molar-refractivity contribution in [2.75, 3.05) is 39.8 Å². The summed E-state index contributed by atoms with van der Waals surface area (Å²) in [5.41, 5.74) is 5.94. The second-order valence-electron chi connectivity index (χ2n) is 4.72. The van der Waals surface area contributed by atoms with Crippen LogP contribution in [0.15, 0.2) is 23.5 Å². The van der Waals surface area contributed by atoms with Gasteiger partial charge in [0, 0.05) is 32.4 Å². The molecule has 3 N–H and O–H groups in total. The fourth-order valence-electron chi connectivity index (χ4n) is 2.26. The zero-order valence-corrected chi connectivity index (χ0v) is 11.9. The number of oxime groups is 1. The van der Waals surface area contributed by atoms with Crippen LogP contribution in [-0.2, 0) is 0 Å². The predicted octanol–water partition coefficient (Wildman–Crippen LogP) is -0.406. The third kappa shape index (κ3) is 3.60. The molecular formula is C13H19N5O3. The Balaban J connectivity index is 1.97. The van der Waals surface area contributed by atoms with Crippen molar-refractivity contribution in [1.29, 1.82) is 0 Å². The van der Waals surface area contributed by atoms with Crippen molar-refractivity contribution in [3.05, 3.63) is 23.9 Å². The van der Waals surface area contributed by atoms with Crippen LogP contribution in [0.1, 0.15) is 10.4 Å². The van der Waals surface area contributed by atoms with Crippen LogP contribution < -0.4 is 10.5 Å². The Hall–Kier alpha value is -2.35. The van der Waals surface area contributed by atoms with E-state index in [1.807, 2.05) is 4.90 Å². The molecule has 1 aliphatic heterocycles. The monoisotopic (exact) mass is 293 g/mol. The minimum Gasteiger partial charge on any atom is -0.480 e. The second-order valence-corrected chi connectivity index (χ2v) is 4.72. The van der Waals surface area contributed by atoms with Crippen molar-refractivity contribution < 1.29 is 14.7 Å². The van der Waals surface area contributed by atoms with Crippen LogP contribution in [-0.4, -0.2) is 71.6 Å². The van der Waals surface area contributed by atoms with Gasteiger partial charge in [-0.15, -0.1) is 0 Å². The van der Waals surface area contributed by atoms with E-state index in [-0.39, 0.29) is 11.7 Å². The lowest BCUT2D eigenvalue weighted by molar-refractivity contribution is 0.0649. The highest BCUT2D eigenvalue weighted by atomic mass is 16.5. The summed E-state index contributed by atoms with van der Waals surface area (Å²) in [4.78, 5) is 20.3. The molecule has 1 aliphatic rings. The Labute approximate surface area is 122 Å². The highest BCUT2D eigenvalue weighted by molar-refractivity contribution is 5.96. The average Bonchev–Trinajstić information content (AvgIpc) is 2.54. The van der Waals surface area contributed by atoms with Gasteiger partial charge in [0.05, 0.1) is 13.7 Å². The topological polar surface area (TPSA) is 104 Å². The highest BCUT2D eigenvalue weighted by Gasteiger charge is 2.24. The Morgan fingerprint density at radius 2 is 2.19 bits per heavy atom. The number of nitrogens with zero attached hydrogens (tertiary/aromatic N) is 4. The van der Waals surface area contributed by atoms with E-state index in [1.54, 1.807) is 23.2 Å². The predicted molar refractivity (Wildman–Crippen MR) is 76.5 cm³/mol. The Morgan fingerprint density at radius 3 is 2.81 bits per heavy atom. The number of piperazine rings is 1. The van der Waals surface area contributed by atoms with Crippen molar-refractivity contribution in [3.8, 4) is 5.88 Å². The zero-order chi connectivity index (χ0) is 15.2. The maximum absolute atomic E-state index is 12.5. The minimum atomic E-state index is -0.0941. The van der Waals surface area contributed by atoms with E-state index in [1.165, 1.54) is 7.11 Å². The van der Waals surface area contributed by atoms with Gasteiger partial charge in [0.25, 0.3) is 5.91 Å². The summed E-state index contributed by atoms with van der Waals surface area (Å²) in [7, 11) is 1.49. The van der Waals surface area contributed by atoms with Crippen LogP contribution in [0.4, 0.5) is 0 Å². The van der Waals surface area contributed by atoms with Gasteiger partial charge in [-0.25, -0.2) is 4.98 Å². The van der Waals surface area contributed by atoms with E-state index in [0.29, 0.717) is 44.2 Å². The maximum atomic E-state index is 12.5. The van der Waals surface area contributed by atoms with E-state index in [2.05, 4.69) is 10.1 Å². The Kier molecular flexibility index (Phi) is 4.94. The molecular weight excluding hydrogens is 274 g/mol. The number of pyridine rings is 1. The van der Waals surface area contributed by atoms with Crippen molar-refractivity contribution in [2.45, 2.75) is 0 Å². The quantitative estimate of drug-likeness (QED) is 0.338. The van der Waals surface area contributed by atoms with E-state index >= 15 is 0 Å². The minimum absolute atomic E-state index is 0.0941. The first-order valence-electron chi connectivity index (χ1n) is 6.62. The van der Waals surface area contributed by atoms with Crippen LogP contribution in [0.5, 0.6) is 5.88 Å². The van der Waals surface area contributed by atoms with Crippen molar-refractivity contribution in [3.63, 3.8) is 0 Å². The van der Waals surface area contributed by atoms with Crippen molar-refractivity contribution >= 4 is 11.7 Å². The fourth-order valence-corrected chi connectivity index (χ4v) is 2.26. The summed E-state index contributed by atoms with van der Waals surface area (Å²) in [6.45, 7) is 2.90. The van der Waals surface area contributed by atoms with E-state index in [4.69, 9.17) is 15.7 Å². The summed E-state index contributed by atoms with van der Waals surface area (Å²) < 4.78 is 5.12. The van der Waals surface area contributed by atoms with Crippen LogP contribution in [0.3, 0.4) is 0 Å². The summed E-state index contributed by atoms with van der Waals surface area (Å²) in [5, 5.41) is 11.5. The molecule has 1 fully saturated rings. The number of carbonyl (C=O) groups is 1. The van der Waals surface area contributed by atoms with Gasteiger partial charge < -0.3 is 20.6 Å². The van der Waals surface area contributed by atoms with E-state index in [0.717, 1.165) is 0 Å². The number of ether oxygens (including phenoxy) is 1. The van der Waals surface area contributed by atoms with Crippen LogP contribution in [0.25, 0.3) is 0 Å². The van der Waals surface area contributed by atoms with Gasteiger partial charge in [-0.3, -0.25) is 9.69 Å². The van der Waals surface area contributed by atoms with Gasteiger partial charge in [0.2, 0.25) is 5.88 Å². The number of amides is 1. The number of aromatic nitrogens is 1. The number of carbonyl (C=O) groups excluding carboxylic acids is 1. The molecule has 0 bridgehead atoms. The maximum Gasteiger partial charge on any atom is 0.259 e. The number of nitrogens with two attached hydrogens (primary N) is 1. The van der Waals surface area contributed by atoms with Gasteiger partial charge in [0.1, 0.15) is 5.56 Å². The second kappa shape index (κ2) is 6.89. The third-order valence-corrected chi connectivity index (χ3v) is 3.37. The molecule has 0 spiro atoms. The zero-order valence-electron chi connectivity index (χ0n) is 11.9. The number of hydrogen-bond acceptors (Lipinski definition) is 6. The molecule has 0 saturated carbocycles. The largest absolute Gasteiger partial charge is 0.480 e. The smallest absolute Gasteiger partial charge is 0.259 e. The summed E-state index contributed by atoms with van der Waals surface area (Å²) in [5.74, 6) is 0.411. The molecule has 8 heteroatoms. The normalized spacial score (nSPS) is 16.8. The van der Waals surface area contributed by atoms with Crippen LogP contribution in [0, 0.1) is 0 Å². The average molecular weight is 293 g/mol. The van der Waals surface area contributed by atoms with E-state index < -0.39 is 0 Å². The third-order valence-electron chi connectivity index (χ3n) is 3.37. The van der Waals surface area contributed by atoms with Gasteiger partial charge in [-0.1, -0.05) is 5.16 Å².